The molecule has 3 rings (SSSR count). The van der Waals surface area contributed by atoms with Gasteiger partial charge in [-0.15, -0.1) is 0 Å². The van der Waals surface area contributed by atoms with Crippen molar-refractivity contribution in [2.45, 2.75) is 19.3 Å². The highest BCUT2D eigenvalue weighted by molar-refractivity contribution is 5.94. The number of fused-ring (bicyclic) bond motifs is 1. The van der Waals surface area contributed by atoms with E-state index in [9.17, 15) is 14.7 Å². The van der Waals surface area contributed by atoms with Crippen molar-refractivity contribution in [2.75, 3.05) is 5.32 Å². The molecule has 20 heavy (non-hydrogen) atoms. The number of anilines is 1. The van der Waals surface area contributed by atoms with E-state index in [2.05, 4.69) is 15.3 Å². The molecule has 1 aromatic heterocycles. The van der Waals surface area contributed by atoms with Crippen LogP contribution in [0.1, 0.15) is 29.3 Å². The van der Waals surface area contributed by atoms with Crippen LogP contribution in [-0.4, -0.2) is 21.0 Å². The zero-order chi connectivity index (χ0) is 14.3. The molecule has 1 atom stereocenters. The molecule has 0 spiro atoms. The van der Waals surface area contributed by atoms with Gasteiger partial charge in [0.1, 0.15) is 17.4 Å². The lowest BCUT2D eigenvalue weighted by Gasteiger charge is -2.24. The van der Waals surface area contributed by atoms with E-state index in [1.807, 2.05) is 0 Å². The second-order valence-corrected chi connectivity index (χ2v) is 4.81. The molecule has 0 bridgehead atoms. The third kappa shape index (κ3) is 2.05. The van der Waals surface area contributed by atoms with Gasteiger partial charge in [0.15, 0.2) is 0 Å². The van der Waals surface area contributed by atoms with Crippen LogP contribution >= 0.6 is 0 Å². The van der Waals surface area contributed by atoms with Crippen LogP contribution in [-0.2, 0) is 4.79 Å². The van der Waals surface area contributed by atoms with Crippen LogP contribution in [0.3, 0.4) is 0 Å². The van der Waals surface area contributed by atoms with Gasteiger partial charge in [0, 0.05) is 12.3 Å². The summed E-state index contributed by atoms with van der Waals surface area (Å²) in [5.74, 6) is 0.399. The molecule has 2 aromatic rings. The fourth-order valence-corrected chi connectivity index (χ4v) is 2.48. The molecule has 6 heteroatoms. The molecule has 1 unspecified atom stereocenters. The second-order valence-electron chi connectivity index (χ2n) is 4.81. The first-order valence-electron chi connectivity index (χ1n) is 6.24. The third-order valence-electron chi connectivity index (χ3n) is 3.36. The fraction of sp³-hybridized carbons (Fsp3) is 0.214. The molecular formula is C14H13N3O3. The number of H-pyrrole nitrogens is 1. The summed E-state index contributed by atoms with van der Waals surface area (Å²) in [7, 11) is 0. The number of aryl methyl sites for hydroxylation is 1. The fourth-order valence-electron chi connectivity index (χ4n) is 2.48. The summed E-state index contributed by atoms with van der Waals surface area (Å²) in [6, 6.07) is 6.50. The van der Waals surface area contributed by atoms with Crippen molar-refractivity contribution >= 4 is 11.7 Å². The number of carbonyl (C=O) groups excluding carboxylic acids is 1. The number of nitrogens with one attached hydrogen (secondary N) is 2. The van der Waals surface area contributed by atoms with E-state index >= 15 is 0 Å². The first kappa shape index (κ1) is 12.4. The Hall–Kier alpha value is -2.63. The summed E-state index contributed by atoms with van der Waals surface area (Å²) in [4.78, 5) is 30.8. The number of aromatic amines is 1. The Morgan fingerprint density at radius 3 is 2.65 bits per heavy atom. The normalized spacial score (nSPS) is 17.4. The van der Waals surface area contributed by atoms with Crippen molar-refractivity contribution < 1.29 is 9.90 Å². The van der Waals surface area contributed by atoms with Crippen molar-refractivity contribution in [3.05, 3.63) is 51.6 Å². The average molecular weight is 271 g/mol. The van der Waals surface area contributed by atoms with E-state index in [1.54, 1.807) is 19.1 Å². The standard InChI is InChI=1S/C14H13N3O3/c1-7-15-13-12(14(20)16-7)10(6-11(19)17-13)8-2-4-9(18)5-3-8/h2-5,10,18H,6H2,1H3,(H2,15,16,17,19,20). The van der Waals surface area contributed by atoms with Crippen LogP contribution < -0.4 is 10.9 Å². The van der Waals surface area contributed by atoms with E-state index in [1.165, 1.54) is 12.1 Å². The maximum Gasteiger partial charge on any atom is 0.256 e. The molecule has 3 N–H and O–H groups in total. The Labute approximate surface area is 114 Å². The molecule has 1 aliphatic rings. The zero-order valence-corrected chi connectivity index (χ0v) is 10.8. The van der Waals surface area contributed by atoms with Crippen molar-refractivity contribution in [1.82, 2.24) is 9.97 Å². The number of hydrogen-bond donors (Lipinski definition) is 3. The van der Waals surface area contributed by atoms with Crippen molar-refractivity contribution in [1.29, 1.82) is 0 Å². The summed E-state index contributed by atoms with van der Waals surface area (Å²) in [5.41, 5.74) is 1.02. The van der Waals surface area contributed by atoms with Crippen LogP contribution in [0.4, 0.5) is 5.82 Å². The first-order chi connectivity index (χ1) is 9.54. The number of aromatic hydroxyl groups is 1. The van der Waals surface area contributed by atoms with Crippen LogP contribution in [0.25, 0.3) is 0 Å². The highest BCUT2D eigenvalue weighted by atomic mass is 16.3. The molecule has 0 fully saturated rings. The molecule has 0 radical (unpaired) electrons. The summed E-state index contributed by atoms with van der Waals surface area (Å²) in [6.07, 6.45) is 0.186. The predicted molar refractivity (Wildman–Crippen MR) is 72.8 cm³/mol. The Balaban J connectivity index is 2.17. The number of benzene rings is 1. The van der Waals surface area contributed by atoms with Crippen LogP contribution in [0.15, 0.2) is 29.1 Å². The van der Waals surface area contributed by atoms with E-state index in [-0.39, 0.29) is 29.6 Å². The number of phenols is 1. The molecule has 6 nitrogen and oxygen atoms in total. The number of aromatic nitrogens is 2. The quantitative estimate of drug-likeness (QED) is 0.727. The lowest BCUT2D eigenvalue weighted by atomic mass is 9.87. The van der Waals surface area contributed by atoms with E-state index in [0.717, 1.165) is 5.56 Å². The van der Waals surface area contributed by atoms with Crippen LogP contribution in [0.2, 0.25) is 0 Å². The largest absolute Gasteiger partial charge is 0.508 e. The third-order valence-corrected chi connectivity index (χ3v) is 3.36. The molecule has 1 amide bonds. The topological polar surface area (TPSA) is 95.1 Å². The van der Waals surface area contributed by atoms with Gasteiger partial charge in [-0.25, -0.2) is 4.98 Å². The van der Waals surface area contributed by atoms with Gasteiger partial charge in [0.25, 0.3) is 5.56 Å². The lowest BCUT2D eigenvalue weighted by Crippen LogP contribution is -2.31. The number of amides is 1. The Morgan fingerprint density at radius 2 is 1.95 bits per heavy atom. The number of phenolic OH excluding ortho intramolecular Hbond substituents is 1. The van der Waals surface area contributed by atoms with Crippen molar-refractivity contribution in [2.24, 2.45) is 0 Å². The molecule has 0 saturated heterocycles. The minimum atomic E-state index is -0.351. The smallest absolute Gasteiger partial charge is 0.256 e. The zero-order valence-electron chi connectivity index (χ0n) is 10.8. The monoisotopic (exact) mass is 271 g/mol. The van der Waals surface area contributed by atoms with Crippen molar-refractivity contribution in [3.63, 3.8) is 0 Å². The Bertz CT molecular complexity index is 734. The maximum atomic E-state index is 12.1. The van der Waals surface area contributed by atoms with E-state index in [0.29, 0.717) is 17.2 Å². The SMILES string of the molecule is Cc1nc2c(c(=O)[nH]1)C(c1ccc(O)cc1)CC(=O)N2. The Kier molecular flexibility index (Phi) is 2.78. The number of nitrogens with zero attached hydrogens (tertiary/aromatic N) is 1. The van der Waals surface area contributed by atoms with Gasteiger partial charge >= 0.3 is 0 Å². The highest BCUT2D eigenvalue weighted by Crippen LogP contribution is 2.34. The predicted octanol–water partition coefficient (Wildman–Crippen LogP) is 1.26. The first-order valence-corrected chi connectivity index (χ1v) is 6.24. The molecule has 2 heterocycles. The van der Waals surface area contributed by atoms with Crippen LogP contribution in [0, 0.1) is 6.92 Å². The molecule has 0 aliphatic carbocycles. The average Bonchev–Trinajstić information content (AvgIpc) is 2.37. The lowest BCUT2D eigenvalue weighted by molar-refractivity contribution is -0.116. The second kappa shape index (κ2) is 4.48. The number of rotatable bonds is 1. The highest BCUT2D eigenvalue weighted by Gasteiger charge is 2.30. The molecular weight excluding hydrogens is 258 g/mol. The van der Waals surface area contributed by atoms with Gasteiger partial charge in [0.05, 0.1) is 5.56 Å². The van der Waals surface area contributed by atoms with E-state index in [4.69, 9.17) is 0 Å². The van der Waals surface area contributed by atoms with E-state index < -0.39 is 0 Å². The minimum absolute atomic E-state index is 0.144. The summed E-state index contributed by atoms with van der Waals surface area (Å²) < 4.78 is 0. The van der Waals surface area contributed by atoms with Gasteiger partial charge in [-0.3, -0.25) is 9.59 Å². The number of hydrogen-bond acceptors (Lipinski definition) is 4. The van der Waals surface area contributed by atoms with Gasteiger partial charge in [0.2, 0.25) is 5.91 Å². The van der Waals surface area contributed by atoms with Gasteiger partial charge in [-0.05, 0) is 24.6 Å². The van der Waals surface area contributed by atoms with Crippen molar-refractivity contribution in [3.8, 4) is 5.75 Å². The molecule has 102 valence electrons. The minimum Gasteiger partial charge on any atom is -0.508 e. The summed E-state index contributed by atoms with van der Waals surface area (Å²) >= 11 is 0. The molecule has 0 saturated carbocycles. The maximum absolute atomic E-state index is 12.1. The number of carbonyl (C=O) groups is 1. The molecule has 1 aromatic carbocycles. The van der Waals surface area contributed by atoms with Gasteiger partial charge < -0.3 is 15.4 Å². The summed E-state index contributed by atoms with van der Waals surface area (Å²) in [6.45, 7) is 1.66. The Morgan fingerprint density at radius 1 is 1.25 bits per heavy atom. The summed E-state index contributed by atoms with van der Waals surface area (Å²) in [5, 5.41) is 12.0. The van der Waals surface area contributed by atoms with Gasteiger partial charge in [-0.2, -0.15) is 0 Å². The van der Waals surface area contributed by atoms with Crippen LogP contribution in [0.5, 0.6) is 5.75 Å². The molecule has 1 aliphatic heterocycles. The van der Waals surface area contributed by atoms with Gasteiger partial charge in [-0.1, -0.05) is 12.1 Å².